The van der Waals surface area contributed by atoms with E-state index in [2.05, 4.69) is 18.7 Å². The van der Waals surface area contributed by atoms with E-state index >= 15 is 0 Å². The predicted molar refractivity (Wildman–Crippen MR) is 70.8 cm³/mol. The number of aliphatic hydroxyl groups excluding tert-OH is 1. The largest absolute Gasteiger partial charge is 0.386 e. The van der Waals surface area contributed by atoms with Crippen LogP contribution >= 0.6 is 22.9 Å². The van der Waals surface area contributed by atoms with E-state index in [4.69, 9.17) is 16.3 Å². The summed E-state index contributed by atoms with van der Waals surface area (Å²) in [5.41, 5.74) is -0.321. The van der Waals surface area contributed by atoms with Gasteiger partial charge in [-0.2, -0.15) is 0 Å². The lowest BCUT2D eigenvalue weighted by molar-refractivity contribution is -0.0619. The van der Waals surface area contributed by atoms with Crippen molar-refractivity contribution in [2.45, 2.75) is 25.5 Å². The van der Waals surface area contributed by atoms with Gasteiger partial charge in [0, 0.05) is 18.6 Å². The van der Waals surface area contributed by atoms with Crippen LogP contribution in [0.1, 0.15) is 24.8 Å². The number of nitrogens with zero attached hydrogens (tertiary/aromatic N) is 1. The van der Waals surface area contributed by atoms with Crippen molar-refractivity contribution in [1.29, 1.82) is 0 Å². The van der Waals surface area contributed by atoms with Crippen LogP contribution in [0.4, 0.5) is 0 Å². The van der Waals surface area contributed by atoms with Crippen molar-refractivity contribution in [2.75, 3.05) is 26.3 Å². The summed E-state index contributed by atoms with van der Waals surface area (Å²) in [5.74, 6) is 0. The molecule has 1 unspecified atom stereocenters. The molecule has 0 spiro atoms. The molecule has 0 aromatic carbocycles. The van der Waals surface area contributed by atoms with E-state index in [0.717, 1.165) is 31.2 Å². The van der Waals surface area contributed by atoms with E-state index < -0.39 is 6.10 Å². The van der Waals surface area contributed by atoms with E-state index in [1.807, 2.05) is 11.4 Å². The van der Waals surface area contributed by atoms with Gasteiger partial charge in [-0.1, -0.05) is 11.6 Å². The molecule has 0 amide bonds. The maximum Gasteiger partial charge on any atom is 0.107 e. The second-order valence-corrected chi connectivity index (χ2v) is 6.14. The summed E-state index contributed by atoms with van der Waals surface area (Å²) in [6.07, 6.45) is -0.562. The molecule has 1 fully saturated rings. The Morgan fingerprint density at radius 1 is 1.47 bits per heavy atom. The molecule has 1 atom stereocenters. The van der Waals surface area contributed by atoms with Crippen molar-refractivity contribution in [1.82, 2.24) is 4.90 Å². The molecule has 1 N–H and O–H groups in total. The molecule has 17 heavy (non-hydrogen) atoms. The Morgan fingerprint density at radius 3 is 2.65 bits per heavy atom. The molecule has 1 aliphatic rings. The van der Waals surface area contributed by atoms with Crippen molar-refractivity contribution in [3.63, 3.8) is 0 Å². The van der Waals surface area contributed by atoms with Crippen molar-refractivity contribution in [2.24, 2.45) is 0 Å². The van der Waals surface area contributed by atoms with Gasteiger partial charge in [-0.3, -0.25) is 4.90 Å². The van der Waals surface area contributed by atoms with Gasteiger partial charge in [-0.15, -0.1) is 11.3 Å². The fourth-order valence-corrected chi connectivity index (χ4v) is 3.46. The van der Waals surface area contributed by atoms with E-state index in [-0.39, 0.29) is 5.54 Å². The zero-order valence-corrected chi connectivity index (χ0v) is 11.7. The summed E-state index contributed by atoms with van der Waals surface area (Å²) >= 11 is 7.60. The van der Waals surface area contributed by atoms with E-state index in [1.54, 1.807) is 0 Å². The quantitative estimate of drug-likeness (QED) is 0.920. The van der Waals surface area contributed by atoms with E-state index in [9.17, 15) is 5.11 Å². The lowest BCUT2D eigenvalue weighted by atomic mass is 9.93. The second kappa shape index (κ2) is 5.24. The van der Waals surface area contributed by atoms with Crippen molar-refractivity contribution in [3.8, 4) is 0 Å². The number of aliphatic hydroxyl groups is 1. The minimum atomic E-state index is -0.562. The molecule has 2 rings (SSSR count). The number of hydrogen-bond donors (Lipinski definition) is 1. The van der Waals surface area contributed by atoms with Gasteiger partial charge in [0.25, 0.3) is 0 Å². The van der Waals surface area contributed by atoms with Crippen LogP contribution in [0, 0.1) is 0 Å². The van der Waals surface area contributed by atoms with Gasteiger partial charge in [0.15, 0.2) is 0 Å². The molecule has 2 heterocycles. The summed E-state index contributed by atoms with van der Waals surface area (Å²) in [6, 6.07) is 1.83. The molecule has 0 aliphatic carbocycles. The highest BCUT2D eigenvalue weighted by Crippen LogP contribution is 2.37. The summed E-state index contributed by atoms with van der Waals surface area (Å²) in [4.78, 5) is 3.11. The molecule has 1 aromatic heterocycles. The van der Waals surface area contributed by atoms with Crippen LogP contribution in [-0.2, 0) is 4.74 Å². The Kier molecular flexibility index (Phi) is 4.10. The summed E-state index contributed by atoms with van der Waals surface area (Å²) < 4.78 is 5.34. The van der Waals surface area contributed by atoms with Gasteiger partial charge in [-0.25, -0.2) is 0 Å². The van der Waals surface area contributed by atoms with Gasteiger partial charge < -0.3 is 9.84 Å². The number of ether oxygens (including phenoxy) is 1. The topological polar surface area (TPSA) is 32.7 Å². The van der Waals surface area contributed by atoms with Crippen LogP contribution in [0.15, 0.2) is 11.4 Å². The minimum Gasteiger partial charge on any atom is -0.386 e. The molecule has 1 aliphatic heterocycles. The predicted octanol–water partition coefficient (Wildman–Crippen LogP) is 2.55. The minimum absolute atomic E-state index is 0.321. The Morgan fingerprint density at radius 2 is 2.12 bits per heavy atom. The molecular formula is C12H18ClNO2S. The molecule has 5 heteroatoms. The van der Waals surface area contributed by atoms with Gasteiger partial charge in [0.1, 0.15) is 6.10 Å². The average molecular weight is 276 g/mol. The van der Waals surface area contributed by atoms with Gasteiger partial charge in [-0.05, 0) is 25.3 Å². The Balaban J connectivity index is 2.16. The number of morpholine rings is 1. The standard InChI is InChI=1S/C12H18ClNO2S/c1-12(2,14-4-6-16-7-5-14)11(15)10-9(13)3-8-17-10/h3,8,11,15H,4-7H2,1-2H3. The van der Waals surface area contributed by atoms with Crippen LogP contribution in [0.3, 0.4) is 0 Å². The number of halogens is 1. The Bertz CT molecular complexity index is 374. The van der Waals surface area contributed by atoms with E-state index in [0.29, 0.717) is 5.02 Å². The smallest absolute Gasteiger partial charge is 0.107 e. The normalized spacial score (nSPS) is 20.5. The first-order valence-corrected chi connectivity index (χ1v) is 7.03. The van der Waals surface area contributed by atoms with Gasteiger partial charge in [0.2, 0.25) is 0 Å². The molecule has 0 saturated carbocycles. The SMILES string of the molecule is CC(C)(C(O)c1sccc1Cl)N1CCOCC1. The van der Waals surface area contributed by atoms with Gasteiger partial charge in [0.05, 0.1) is 23.1 Å². The van der Waals surface area contributed by atoms with Crippen molar-refractivity contribution >= 4 is 22.9 Å². The van der Waals surface area contributed by atoms with Gasteiger partial charge >= 0.3 is 0 Å². The molecule has 0 bridgehead atoms. The summed E-state index contributed by atoms with van der Waals surface area (Å²) in [6.45, 7) is 7.28. The molecule has 3 nitrogen and oxygen atoms in total. The number of rotatable bonds is 3. The fourth-order valence-electron chi connectivity index (χ4n) is 2.13. The van der Waals surface area contributed by atoms with E-state index in [1.165, 1.54) is 11.3 Å². The van der Waals surface area contributed by atoms with Crippen LogP contribution in [0.2, 0.25) is 5.02 Å². The van der Waals surface area contributed by atoms with Crippen LogP contribution in [0.5, 0.6) is 0 Å². The number of hydrogen-bond acceptors (Lipinski definition) is 4. The monoisotopic (exact) mass is 275 g/mol. The number of thiophene rings is 1. The highest BCUT2D eigenvalue weighted by atomic mass is 35.5. The first-order chi connectivity index (χ1) is 8.03. The first kappa shape index (κ1) is 13.3. The molecule has 0 radical (unpaired) electrons. The lowest BCUT2D eigenvalue weighted by Crippen LogP contribution is -2.53. The molecule has 1 aromatic rings. The van der Waals surface area contributed by atoms with Crippen molar-refractivity contribution < 1.29 is 9.84 Å². The maximum absolute atomic E-state index is 10.5. The second-order valence-electron chi connectivity index (χ2n) is 4.79. The third kappa shape index (κ3) is 2.66. The lowest BCUT2D eigenvalue weighted by Gasteiger charge is -2.43. The fraction of sp³-hybridized carbons (Fsp3) is 0.667. The first-order valence-electron chi connectivity index (χ1n) is 5.77. The van der Waals surface area contributed by atoms with Crippen LogP contribution in [-0.4, -0.2) is 41.8 Å². The van der Waals surface area contributed by atoms with Crippen LogP contribution < -0.4 is 0 Å². The zero-order chi connectivity index (χ0) is 12.5. The average Bonchev–Trinajstić information content (AvgIpc) is 2.75. The third-order valence-corrected chi connectivity index (χ3v) is 4.80. The molecular weight excluding hydrogens is 258 g/mol. The highest BCUT2D eigenvalue weighted by Gasteiger charge is 2.37. The summed E-state index contributed by atoms with van der Waals surface area (Å²) in [7, 11) is 0. The maximum atomic E-state index is 10.5. The molecule has 96 valence electrons. The van der Waals surface area contributed by atoms with Crippen LogP contribution in [0.25, 0.3) is 0 Å². The van der Waals surface area contributed by atoms with Crippen molar-refractivity contribution in [3.05, 3.63) is 21.3 Å². The highest BCUT2D eigenvalue weighted by molar-refractivity contribution is 7.10. The Labute approximate surface area is 111 Å². The molecule has 1 saturated heterocycles. The third-order valence-electron chi connectivity index (χ3n) is 3.39. The summed E-state index contributed by atoms with van der Waals surface area (Å²) in [5, 5.41) is 13.1. The Hall–Kier alpha value is -0.130. The zero-order valence-electron chi connectivity index (χ0n) is 10.1.